The van der Waals surface area contributed by atoms with Crippen LogP contribution in [0.5, 0.6) is 11.5 Å². The van der Waals surface area contributed by atoms with Crippen LogP contribution in [0.25, 0.3) is 11.4 Å². The second-order valence-electron chi connectivity index (χ2n) is 6.63. The van der Waals surface area contributed by atoms with E-state index < -0.39 is 21.5 Å². The molecule has 0 aliphatic carbocycles. The van der Waals surface area contributed by atoms with Gasteiger partial charge in [0.25, 0.3) is 23.1 Å². The highest BCUT2D eigenvalue weighted by atomic mass is 32.2. The number of carbonyl (C=O) groups excluding carboxylic acids is 1. The number of nitro benzene ring substituents is 2. The zero-order chi connectivity index (χ0) is 24.8. The zero-order valence-electron chi connectivity index (χ0n) is 17.8. The molecule has 0 radical (unpaired) electrons. The summed E-state index contributed by atoms with van der Waals surface area (Å²) in [4.78, 5) is 32.9. The number of amides is 1. The number of nitro groups is 2. The van der Waals surface area contributed by atoms with E-state index in [0.717, 1.165) is 30.1 Å². The first-order chi connectivity index (χ1) is 16.2. The van der Waals surface area contributed by atoms with Gasteiger partial charge in [-0.2, -0.15) is 5.10 Å². The Balaban J connectivity index is 1.64. The van der Waals surface area contributed by atoms with Gasteiger partial charge in [0.05, 0.1) is 52.7 Å². The van der Waals surface area contributed by atoms with E-state index in [4.69, 9.17) is 4.74 Å². The lowest BCUT2D eigenvalue weighted by atomic mass is 10.2. The van der Waals surface area contributed by atoms with Gasteiger partial charge in [0.2, 0.25) is 0 Å². The number of hydrogen-bond acceptors (Lipinski definition) is 10. The quantitative estimate of drug-likeness (QED) is 0.146. The second-order valence-corrected chi connectivity index (χ2v) is 7.57. The lowest BCUT2D eigenvalue weighted by molar-refractivity contribution is -0.698. The molecule has 0 fully saturated rings. The largest absolute Gasteiger partial charge is 0.870 e. The molecule has 0 saturated heterocycles. The molecule has 1 amide bonds. The third kappa shape index (κ3) is 5.44. The minimum Gasteiger partial charge on any atom is -0.870 e. The molecule has 0 aliphatic heterocycles. The van der Waals surface area contributed by atoms with Crippen LogP contribution >= 0.6 is 11.8 Å². The molecule has 0 bridgehead atoms. The van der Waals surface area contributed by atoms with E-state index in [0.29, 0.717) is 16.5 Å². The van der Waals surface area contributed by atoms with Crippen molar-refractivity contribution in [3.63, 3.8) is 0 Å². The molecule has 0 saturated carbocycles. The van der Waals surface area contributed by atoms with Gasteiger partial charge < -0.3 is 9.84 Å². The molecule has 3 rings (SSSR count). The highest BCUT2D eigenvalue weighted by molar-refractivity contribution is 7.99. The first-order valence-electron chi connectivity index (χ1n) is 9.38. The van der Waals surface area contributed by atoms with Gasteiger partial charge in [-0.05, 0) is 23.4 Å². The number of methoxy groups -OCH3 is 1. The fourth-order valence-corrected chi connectivity index (χ4v) is 3.52. The Morgan fingerprint density at radius 3 is 2.68 bits per heavy atom. The minimum absolute atomic E-state index is 0.0684. The van der Waals surface area contributed by atoms with Gasteiger partial charge in [0.1, 0.15) is 5.75 Å². The van der Waals surface area contributed by atoms with E-state index in [1.54, 1.807) is 23.7 Å². The molecule has 1 aromatic heterocycles. The number of aromatic amines is 1. The van der Waals surface area contributed by atoms with Crippen molar-refractivity contribution in [3.8, 4) is 22.9 Å². The third-order valence-electron chi connectivity index (χ3n) is 4.43. The highest BCUT2D eigenvalue weighted by Crippen LogP contribution is 2.31. The maximum Gasteiger partial charge on any atom is 0.337 e. The third-order valence-corrected chi connectivity index (χ3v) is 5.46. The Bertz CT molecular complexity index is 1290. The molecular weight excluding hydrogens is 470 g/mol. The van der Waals surface area contributed by atoms with Crippen LogP contribution in [-0.4, -0.2) is 45.0 Å². The zero-order valence-corrected chi connectivity index (χ0v) is 18.6. The van der Waals surface area contributed by atoms with Gasteiger partial charge in [-0.15, -0.1) is 5.10 Å². The molecule has 0 atom stereocenters. The Morgan fingerprint density at radius 2 is 2.00 bits per heavy atom. The standard InChI is InChI=1S/C19H17N7O7S/c1-24-18(11-4-3-5-13(6-11)25(29)30)22-23-19(24)34-10-16(27)21-20-9-12-7-14(26(31)32)8-15(33-2)17(12)28/h3-9H,10H2,1-2H3,(H2,20,21,27,28). The van der Waals surface area contributed by atoms with E-state index in [1.807, 2.05) is 0 Å². The molecule has 2 aromatic carbocycles. The topological polar surface area (TPSA) is 193 Å². The number of ether oxygens (including phenoxy) is 1. The number of H-pyrrole nitrogens is 1. The molecule has 176 valence electrons. The maximum atomic E-state index is 12.2. The first kappa shape index (κ1) is 24.1. The number of nitrogens with one attached hydrogen (secondary N) is 2. The van der Waals surface area contributed by atoms with Crippen molar-refractivity contribution in [1.29, 1.82) is 0 Å². The van der Waals surface area contributed by atoms with E-state index >= 15 is 0 Å². The molecule has 15 heteroatoms. The van der Waals surface area contributed by atoms with Crippen LogP contribution in [0.4, 0.5) is 11.4 Å². The van der Waals surface area contributed by atoms with Crippen LogP contribution in [0.15, 0.2) is 46.7 Å². The number of rotatable bonds is 9. The smallest absolute Gasteiger partial charge is 0.337 e. The molecule has 2 N–H and O–H groups in total. The van der Waals surface area contributed by atoms with Crippen molar-refractivity contribution in [2.75, 3.05) is 12.9 Å². The van der Waals surface area contributed by atoms with Crippen LogP contribution < -0.4 is 19.8 Å². The van der Waals surface area contributed by atoms with E-state index in [9.17, 15) is 30.1 Å². The van der Waals surface area contributed by atoms with E-state index in [-0.39, 0.29) is 28.4 Å². The Hall–Kier alpha value is -4.53. The molecule has 14 nitrogen and oxygen atoms in total. The van der Waals surface area contributed by atoms with Crippen LogP contribution in [0.2, 0.25) is 0 Å². The summed E-state index contributed by atoms with van der Waals surface area (Å²) in [7, 11) is 2.89. The number of hydrazone groups is 1. The molecule has 0 aliphatic rings. The molecule has 1 heterocycles. The van der Waals surface area contributed by atoms with Crippen molar-refractivity contribution < 1.29 is 29.1 Å². The average molecular weight is 487 g/mol. The fourth-order valence-electron chi connectivity index (χ4n) is 2.80. The predicted octanol–water partition coefficient (Wildman–Crippen LogP) is 1.04. The average Bonchev–Trinajstić information content (AvgIpc) is 3.18. The van der Waals surface area contributed by atoms with Crippen molar-refractivity contribution in [1.82, 2.24) is 15.6 Å². The van der Waals surface area contributed by atoms with Gasteiger partial charge in [-0.1, -0.05) is 11.8 Å². The Labute approximate surface area is 195 Å². The van der Waals surface area contributed by atoms with Gasteiger partial charge in [-0.3, -0.25) is 25.0 Å². The SMILES string of the molecule is COc1cc([N+](=O)[O-])cc(/C=N/NC(=O)CSc2n[nH]c(-c3cccc([N+](=O)[O-])c3)[n+]2C)c1[O-]. The summed E-state index contributed by atoms with van der Waals surface area (Å²) in [6, 6.07) is 8.03. The molecule has 34 heavy (non-hydrogen) atoms. The number of hydrogen-bond donors (Lipinski definition) is 2. The summed E-state index contributed by atoms with van der Waals surface area (Å²) in [6.07, 6.45) is 0.995. The molecule has 3 aromatic rings. The van der Waals surface area contributed by atoms with Crippen LogP contribution in [0.1, 0.15) is 5.56 Å². The van der Waals surface area contributed by atoms with Crippen LogP contribution in [-0.2, 0) is 11.8 Å². The lowest BCUT2D eigenvalue weighted by Gasteiger charge is -2.14. The minimum atomic E-state index is -0.680. The van der Waals surface area contributed by atoms with Crippen molar-refractivity contribution in [2.45, 2.75) is 5.16 Å². The summed E-state index contributed by atoms with van der Waals surface area (Å²) in [6.45, 7) is 0. The summed E-state index contributed by atoms with van der Waals surface area (Å²) in [5.41, 5.74) is 2.23. The highest BCUT2D eigenvalue weighted by Gasteiger charge is 2.21. The normalized spacial score (nSPS) is 10.9. The molecule has 0 unspecified atom stereocenters. The van der Waals surface area contributed by atoms with E-state index in [2.05, 4.69) is 20.7 Å². The van der Waals surface area contributed by atoms with Crippen molar-refractivity contribution in [3.05, 3.63) is 62.2 Å². The van der Waals surface area contributed by atoms with E-state index in [1.165, 1.54) is 19.2 Å². The number of aromatic nitrogens is 3. The summed E-state index contributed by atoms with van der Waals surface area (Å²) < 4.78 is 6.48. The van der Waals surface area contributed by atoms with Gasteiger partial charge >= 0.3 is 5.16 Å². The van der Waals surface area contributed by atoms with Gasteiger partial charge in [-0.25, -0.2) is 9.99 Å². The van der Waals surface area contributed by atoms with Crippen LogP contribution in [0.3, 0.4) is 0 Å². The molecule has 0 spiro atoms. The first-order valence-corrected chi connectivity index (χ1v) is 10.4. The number of thioether (sulfide) groups is 1. The van der Waals surface area contributed by atoms with Gasteiger partial charge in [0.15, 0.2) is 0 Å². The Morgan fingerprint density at radius 1 is 1.26 bits per heavy atom. The fraction of sp³-hybridized carbons (Fsp3) is 0.158. The predicted molar refractivity (Wildman–Crippen MR) is 117 cm³/mol. The summed E-state index contributed by atoms with van der Waals surface area (Å²) in [5, 5.41) is 45.2. The van der Waals surface area contributed by atoms with Crippen LogP contribution in [0, 0.1) is 20.2 Å². The number of carbonyl (C=O) groups is 1. The van der Waals surface area contributed by atoms with Crippen molar-refractivity contribution >= 4 is 35.3 Å². The molecular formula is C19H17N7O7S. The monoisotopic (exact) mass is 487 g/mol. The number of benzene rings is 2. The number of non-ortho nitro benzene ring substituents is 2. The number of nitrogens with zero attached hydrogens (tertiary/aromatic N) is 5. The van der Waals surface area contributed by atoms with Gasteiger partial charge in [0, 0.05) is 18.2 Å². The summed E-state index contributed by atoms with van der Waals surface area (Å²) in [5.74, 6) is -0.938. The lowest BCUT2D eigenvalue weighted by Crippen LogP contribution is -2.32. The second kappa shape index (κ2) is 10.4. The maximum absolute atomic E-state index is 12.2. The summed E-state index contributed by atoms with van der Waals surface area (Å²) >= 11 is 1.07. The Kier molecular flexibility index (Phi) is 7.37. The van der Waals surface area contributed by atoms with Crippen molar-refractivity contribution in [2.24, 2.45) is 12.1 Å².